The number of halogens is 1. The smallest absolute Gasteiger partial charge is 0.228 e. The van der Waals surface area contributed by atoms with E-state index in [4.69, 9.17) is 4.74 Å². The number of carbonyl (C=O) groups excluding carboxylic acids is 1. The van der Waals surface area contributed by atoms with E-state index in [0.29, 0.717) is 13.2 Å². The first-order valence-electron chi connectivity index (χ1n) is 5.72. The van der Waals surface area contributed by atoms with E-state index in [2.05, 4.69) is 27.4 Å². The summed E-state index contributed by atoms with van der Waals surface area (Å²) in [5.41, 5.74) is 1.18. The fourth-order valence-electron chi connectivity index (χ4n) is 2.03. The van der Waals surface area contributed by atoms with Gasteiger partial charge in [-0.25, -0.2) is 0 Å². The van der Waals surface area contributed by atoms with Crippen LogP contribution < -0.4 is 0 Å². The van der Waals surface area contributed by atoms with Crippen molar-refractivity contribution in [1.29, 1.82) is 0 Å². The Morgan fingerprint density at radius 3 is 3.12 bits per heavy atom. The van der Waals surface area contributed by atoms with Crippen molar-refractivity contribution in [2.75, 3.05) is 20.3 Å². The Morgan fingerprint density at radius 1 is 1.71 bits per heavy atom. The second-order valence-corrected chi connectivity index (χ2v) is 6.66. The van der Waals surface area contributed by atoms with Crippen LogP contribution in [0.3, 0.4) is 0 Å². The van der Waals surface area contributed by atoms with Gasteiger partial charge >= 0.3 is 0 Å². The molecule has 0 spiro atoms. The number of ether oxygens (including phenoxy) is 1. The Balaban J connectivity index is 1.90. The fourth-order valence-corrected chi connectivity index (χ4v) is 3.23. The van der Waals surface area contributed by atoms with Gasteiger partial charge in [0, 0.05) is 20.2 Å². The zero-order valence-corrected chi connectivity index (χ0v) is 12.2. The number of carbonyl (C=O) groups is 1. The summed E-state index contributed by atoms with van der Waals surface area (Å²) in [4.78, 5) is 13.9. The van der Waals surface area contributed by atoms with Gasteiger partial charge in [-0.1, -0.05) is 0 Å². The molecule has 0 saturated carbocycles. The molecule has 0 radical (unpaired) electrons. The highest BCUT2D eigenvalue weighted by Gasteiger charge is 2.24. The monoisotopic (exact) mass is 317 g/mol. The molecule has 0 N–H and O–H groups in total. The van der Waals surface area contributed by atoms with Crippen LogP contribution >= 0.6 is 27.3 Å². The van der Waals surface area contributed by atoms with Gasteiger partial charge in [0.1, 0.15) is 0 Å². The quantitative estimate of drug-likeness (QED) is 0.858. The van der Waals surface area contributed by atoms with Crippen LogP contribution in [0.5, 0.6) is 0 Å². The van der Waals surface area contributed by atoms with Crippen molar-refractivity contribution in [3.63, 3.8) is 0 Å². The third kappa shape index (κ3) is 3.53. The molecule has 17 heavy (non-hydrogen) atoms. The molecule has 0 bridgehead atoms. The van der Waals surface area contributed by atoms with Crippen molar-refractivity contribution in [2.45, 2.75) is 19.4 Å². The minimum Gasteiger partial charge on any atom is -0.381 e. The van der Waals surface area contributed by atoms with Crippen molar-refractivity contribution >= 4 is 33.2 Å². The minimum atomic E-state index is 0.0517. The number of rotatable bonds is 3. The SMILES string of the molecule is CN(Cc1csc(Br)c1)C(=O)C1CCCOC1. The Labute approximate surface area is 114 Å². The molecule has 0 aliphatic carbocycles. The molecule has 1 saturated heterocycles. The minimum absolute atomic E-state index is 0.0517. The number of amides is 1. The second kappa shape index (κ2) is 5.98. The largest absolute Gasteiger partial charge is 0.381 e. The summed E-state index contributed by atoms with van der Waals surface area (Å²) in [5, 5.41) is 2.07. The van der Waals surface area contributed by atoms with Gasteiger partial charge in [-0.2, -0.15) is 0 Å². The third-order valence-electron chi connectivity index (χ3n) is 2.93. The predicted molar refractivity (Wildman–Crippen MR) is 72.0 cm³/mol. The molecule has 1 fully saturated rings. The van der Waals surface area contributed by atoms with Crippen molar-refractivity contribution in [3.8, 4) is 0 Å². The molecule has 1 atom stereocenters. The molecule has 1 aromatic rings. The summed E-state index contributed by atoms with van der Waals surface area (Å²) < 4.78 is 6.46. The lowest BCUT2D eigenvalue weighted by molar-refractivity contribution is -0.138. The first kappa shape index (κ1) is 13.1. The topological polar surface area (TPSA) is 29.5 Å². The molecule has 1 aromatic heterocycles. The average molecular weight is 318 g/mol. The lowest BCUT2D eigenvalue weighted by atomic mass is 10.0. The van der Waals surface area contributed by atoms with Crippen molar-refractivity contribution in [3.05, 3.63) is 20.8 Å². The van der Waals surface area contributed by atoms with Crippen molar-refractivity contribution < 1.29 is 9.53 Å². The molecule has 1 amide bonds. The summed E-state index contributed by atoms with van der Waals surface area (Å²) in [6, 6.07) is 2.06. The first-order chi connectivity index (χ1) is 8.16. The normalized spacial score (nSPS) is 20.2. The third-order valence-corrected chi connectivity index (χ3v) is 4.48. The Kier molecular flexibility index (Phi) is 4.59. The summed E-state index contributed by atoms with van der Waals surface area (Å²) in [7, 11) is 1.86. The van der Waals surface area contributed by atoms with E-state index < -0.39 is 0 Å². The van der Waals surface area contributed by atoms with Crippen molar-refractivity contribution in [2.24, 2.45) is 5.92 Å². The summed E-state index contributed by atoms with van der Waals surface area (Å²) in [6.45, 7) is 2.05. The average Bonchev–Trinajstić information content (AvgIpc) is 2.75. The van der Waals surface area contributed by atoms with E-state index in [1.807, 2.05) is 7.05 Å². The molecule has 3 nitrogen and oxygen atoms in total. The lowest BCUT2D eigenvalue weighted by Crippen LogP contribution is -2.36. The van der Waals surface area contributed by atoms with Crippen LogP contribution in [-0.2, 0) is 16.1 Å². The van der Waals surface area contributed by atoms with Crippen LogP contribution in [0.15, 0.2) is 15.2 Å². The number of hydrogen-bond acceptors (Lipinski definition) is 3. The Bertz CT molecular complexity index is 388. The predicted octanol–water partition coefficient (Wildman–Crippen LogP) is 2.90. The Morgan fingerprint density at radius 2 is 2.53 bits per heavy atom. The summed E-state index contributed by atoms with van der Waals surface area (Å²) in [5.74, 6) is 0.253. The van der Waals surface area contributed by atoms with E-state index in [1.165, 1.54) is 5.56 Å². The second-order valence-electron chi connectivity index (χ2n) is 4.37. The Hall–Kier alpha value is -0.390. The highest BCUT2D eigenvalue weighted by Crippen LogP contribution is 2.22. The molecule has 2 rings (SSSR count). The van der Waals surface area contributed by atoms with Gasteiger partial charge in [0.15, 0.2) is 0 Å². The molecular formula is C12H16BrNO2S. The van der Waals surface area contributed by atoms with Gasteiger partial charge in [0.2, 0.25) is 5.91 Å². The highest BCUT2D eigenvalue weighted by molar-refractivity contribution is 9.11. The highest BCUT2D eigenvalue weighted by atomic mass is 79.9. The molecule has 1 unspecified atom stereocenters. The molecule has 1 aliphatic rings. The van der Waals surface area contributed by atoms with Crippen LogP contribution in [0, 0.1) is 5.92 Å². The fraction of sp³-hybridized carbons (Fsp3) is 0.583. The number of thiophene rings is 1. The van der Waals surface area contributed by atoms with Gasteiger partial charge in [0.25, 0.3) is 0 Å². The lowest BCUT2D eigenvalue weighted by Gasteiger charge is -2.26. The zero-order chi connectivity index (χ0) is 12.3. The van der Waals surface area contributed by atoms with Gasteiger partial charge in [-0.3, -0.25) is 4.79 Å². The molecule has 0 aromatic carbocycles. The zero-order valence-electron chi connectivity index (χ0n) is 9.82. The van der Waals surface area contributed by atoms with Gasteiger partial charge in [0.05, 0.1) is 16.3 Å². The number of hydrogen-bond donors (Lipinski definition) is 0. The van der Waals surface area contributed by atoms with E-state index in [0.717, 1.165) is 23.2 Å². The van der Waals surface area contributed by atoms with E-state index in [9.17, 15) is 4.79 Å². The first-order valence-corrected chi connectivity index (χ1v) is 7.39. The molecule has 1 aliphatic heterocycles. The standard InChI is InChI=1S/C12H16BrNO2S/c1-14(6-9-5-11(13)17-8-9)12(15)10-3-2-4-16-7-10/h5,8,10H,2-4,6-7H2,1H3. The number of nitrogens with zero attached hydrogens (tertiary/aromatic N) is 1. The summed E-state index contributed by atoms with van der Waals surface area (Å²) in [6.07, 6.45) is 1.95. The molecule has 5 heteroatoms. The maximum absolute atomic E-state index is 12.1. The van der Waals surface area contributed by atoms with Gasteiger partial charge < -0.3 is 9.64 Å². The maximum atomic E-state index is 12.1. The van der Waals surface area contributed by atoms with E-state index in [1.54, 1.807) is 16.2 Å². The molecular weight excluding hydrogens is 302 g/mol. The van der Waals surface area contributed by atoms with Crippen LogP contribution in [0.4, 0.5) is 0 Å². The molecule has 94 valence electrons. The van der Waals surface area contributed by atoms with Gasteiger partial charge in [-0.15, -0.1) is 11.3 Å². The van der Waals surface area contributed by atoms with Crippen LogP contribution in [0.25, 0.3) is 0 Å². The van der Waals surface area contributed by atoms with Crippen LogP contribution in [0.2, 0.25) is 0 Å². The van der Waals surface area contributed by atoms with E-state index >= 15 is 0 Å². The summed E-state index contributed by atoms with van der Waals surface area (Å²) >= 11 is 5.08. The maximum Gasteiger partial charge on any atom is 0.228 e. The van der Waals surface area contributed by atoms with Gasteiger partial charge in [-0.05, 0) is 45.8 Å². The van der Waals surface area contributed by atoms with Crippen LogP contribution in [0.1, 0.15) is 18.4 Å². The molecule has 2 heterocycles. The van der Waals surface area contributed by atoms with Crippen molar-refractivity contribution in [1.82, 2.24) is 4.90 Å². The van der Waals surface area contributed by atoms with Crippen LogP contribution in [-0.4, -0.2) is 31.1 Å². The van der Waals surface area contributed by atoms with E-state index in [-0.39, 0.29) is 11.8 Å².